The van der Waals surface area contributed by atoms with Crippen molar-refractivity contribution in [3.05, 3.63) is 63.7 Å². The van der Waals surface area contributed by atoms with E-state index in [9.17, 15) is 14.4 Å². The summed E-state index contributed by atoms with van der Waals surface area (Å²) in [4.78, 5) is 38.2. The summed E-state index contributed by atoms with van der Waals surface area (Å²) in [6.07, 6.45) is 0. The molecule has 0 saturated heterocycles. The van der Waals surface area contributed by atoms with Crippen molar-refractivity contribution in [2.45, 2.75) is 34.6 Å². The van der Waals surface area contributed by atoms with Crippen molar-refractivity contribution in [3.63, 3.8) is 0 Å². The minimum absolute atomic E-state index is 0.0922. The average Bonchev–Trinajstić information content (AvgIpc) is 2.64. The van der Waals surface area contributed by atoms with E-state index in [0.29, 0.717) is 5.56 Å². The predicted molar refractivity (Wildman–Crippen MR) is 115 cm³/mol. The van der Waals surface area contributed by atoms with Crippen LogP contribution in [0, 0.1) is 34.6 Å². The zero-order chi connectivity index (χ0) is 21.7. The smallest absolute Gasteiger partial charge is 0.251 e. The van der Waals surface area contributed by atoms with E-state index in [0.717, 1.165) is 33.5 Å². The van der Waals surface area contributed by atoms with Gasteiger partial charge in [-0.2, -0.15) is 0 Å². The summed E-state index contributed by atoms with van der Waals surface area (Å²) in [5.74, 6) is -0.934. The topological polar surface area (TPSA) is 78.5 Å². The Balaban J connectivity index is 1.89. The Hall–Kier alpha value is -3.15. The third-order valence-corrected chi connectivity index (χ3v) is 4.92. The molecular weight excluding hydrogens is 366 g/mol. The van der Waals surface area contributed by atoms with Gasteiger partial charge < -0.3 is 15.5 Å². The van der Waals surface area contributed by atoms with E-state index in [1.54, 1.807) is 19.2 Å². The molecule has 0 saturated carbocycles. The monoisotopic (exact) mass is 395 g/mol. The van der Waals surface area contributed by atoms with Crippen LogP contribution < -0.4 is 10.6 Å². The number of benzene rings is 2. The molecular formula is C23H29N3O3. The number of aryl methyl sites for hydroxylation is 5. The maximum Gasteiger partial charge on any atom is 0.251 e. The van der Waals surface area contributed by atoms with Crippen molar-refractivity contribution in [3.8, 4) is 0 Å². The minimum atomic E-state index is -0.338. The summed E-state index contributed by atoms with van der Waals surface area (Å²) in [6.45, 7) is 9.52. The van der Waals surface area contributed by atoms with Crippen molar-refractivity contribution in [1.29, 1.82) is 0 Å². The van der Waals surface area contributed by atoms with Gasteiger partial charge in [0.25, 0.3) is 5.91 Å². The number of carbonyl (C=O) groups is 3. The fraction of sp³-hybridized carbons (Fsp3) is 0.348. The highest BCUT2D eigenvalue weighted by atomic mass is 16.2. The number of amides is 3. The molecule has 0 bridgehead atoms. The molecule has 3 amide bonds. The van der Waals surface area contributed by atoms with Gasteiger partial charge in [0.2, 0.25) is 11.8 Å². The van der Waals surface area contributed by atoms with Gasteiger partial charge in [-0.1, -0.05) is 23.8 Å². The summed E-state index contributed by atoms with van der Waals surface area (Å²) in [7, 11) is 1.54. The van der Waals surface area contributed by atoms with Gasteiger partial charge in [-0.3, -0.25) is 14.4 Å². The first-order chi connectivity index (χ1) is 13.6. The minimum Gasteiger partial charge on any atom is -0.343 e. The lowest BCUT2D eigenvalue weighted by atomic mass is 10.1. The SMILES string of the molecule is Cc1cc(C)c(NC(=O)CN(C)C(=O)CNC(=O)c2ccc(C)c(C)c2)c(C)c1. The molecule has 2 N–H and O–H groups in total. The molecule has 0 spiro atoms. The lowest BCUT2D eigenvalue weighted by Gasteiger charge is -2.19. The van der Waals surface area contributed by atoms with Crippen molar-refractivity contribution >= 4 is 23.4 Å². The molecule has 0 fully saturated rings. The normalized spacial score (nSPS) is 10.4. The fourth-order valence-electron chi connectivity index (χ4n) is 3.14. The van der Waals surface area contributed by atoms with E-state index in [4.69, 9.17) is 0 Å². The van der Waals surface area contributed by atoms with Crippen LogP contribution in [0.15, 0.2) is 30.3 Å². The molecule has 0 aromatic heterocycles. The Morgan fingerprint density at radius 2 is 1.48 bits per heavy atom. The van der Waals surface area contributed by atoms with E-state index in [1.807, 2.05) is 52.8 Å². The standard InChI is InChI=1S/C23H29N3O3/c1-14-9-17(4)22(18(5)10-14)25-20(27)13-26(6)21(28)12-24-23(29)19-8-7-15(2)16(3)11-19/h7-11H,12-13H2,1-6H3,(H,24,29)(H,25,27). The maximum absolute atomic E-state index is 12.4. The second-order valence-corrected chi connectivity index (χ2v) is 7.55. The van der Waals surface area contributed by atoms with Gasteiger partial charge in [0.1, 0.15) is 0 Å². The molecule has 2 rings (SSSR count). The largest absolute Gasteiger partial charge is 0.343 e. The number of carbonyl (C=O) groups excluding carboxylic acids is 3. The average molecular weight is 396 g/mol. The third kappa shape index (κ3) is 5.91. The second kappa shape index (κ2) is 9.37. The maximum atomic E-state index is 12.4. The number of likely N-dealkylation sites (N-methyl/N-ethyl adjacent to an activating group) is 1. The van der Waals surface area contributed by atoms with Crippen LogP contribution in [0.4, 0.5) is 5.69 Å². The molecule has 2 aromatic carbocycles. The number of hydrogen-bond donors (Lipinski definition) is 2. The number of nitrogens with zero attached hydrogens (tertiary/aromatic N) is 1. The van der Waals surface area contributed by atoms with E-state index >= 15 is 0 Å². The molecule has 29 heavy (non-hydrogen) atoms. The van der Waals surface area contributed by atoms with Crippen LogP contribution in [-0.4, -0.2) is 42.8 Å². The molecule has 0 atom stereocenters. The lowest BCUT2D eigenvalue weighted by molar-refractivity contribution is -0.132. The van der Waals surface area contributed by atoms with Gasteiger partial charge in [-0.05, 0) is 69.0 Å². The van der Waals surface area contributed by atoms with E-state index in [2.05, 4.69) is 10.6 Å². The van der Waals surface area contributed by atoms with E-state index in [1.165, 1.54) is 4.90 Å². The molecule has 0 aliphatic carbocycles. The Labute approximate surface area is 172 Å². The van der Waals surface area contributed by atoms with Crippen molar-refractivity contribution < 1.29 is 14.4 Å². The highest BCUT2D eigenvalue weighted by Gasteiger charge is 2.16. The van der Waals surface area contributed by atoms with Gasteiger partial charge in [-0.15, -0.1) is 0 Å². The quantitative estimate of drug-likeness (QED) is 0.789. The van der Waals surface area contributed by atoms with Gasteiger partial charge in [0.05, 0.1) is 13.1 Å². The number of hydrogen-bond acceptors (Lipinski definition) is 3. The zero-order valence-corrected chi connectivity index (χ0v) is 18.0. The molecule has 0 radical (unpaired) electrons. The number of rotatable bonds is 6. The molecule has 6 heteroatoms. The Bertz CT molecular complexity index is 927. The van der Waals surface area contributed by atoms with Gasteiger partial charge in [-0.25, -0.2) is 0 Å². The van der Waals surface area contributed by atoms with Crippen LogP contribution in [0.5, 0.6) is 0 Å². The lowest BCUT2D eigenvalue weighted by Crippen LogP contribution is -2.41. The molecule has 154 valence electrons. The molecule has 0 unspecified atom stereocenters. The Morgan fingerprint density at radius 3 is 2.07 bits per heavy atom. The third-order valence-electron chi connectivity index (χ3n) is 4.92. The first kappa shape index (κ1) is 22.1. The molecule has 0 aliphatic rings. The van der Waals surface area contributed by atoms with Crippen LogP contribution in [-0.2, 0) is 9.59 Å². The molecule has 0 aliphatic heterocycles. The molecule has 0 heterocycles. The van der Waals surface area contributed by atoms with Gasteiger partial charge >= 0.3 is 0 Å². The fourth-order valence-corrected chi connectivity index (χ4v) is 3.14. The summed E-state index contributed by atoms with van der Waals surface area (Å²) >= 11 is 0. The molecule has 2 aromatic rings. The Morgan fingerprint density at radius 1 is 0.862 bits per heavy atom. The Kier molecular flexibility index (Phi) is 7.15. The predicted octanol–water partition coefficient (Wildman–Crippen LogP) is 3.06. The van der Waals surface area contributed by atoms with Crippen LogP contribution in [0.25, 0.3) is 0 Å². The zero-order valence-electron chi connectivity index (χ0n) is 18.0. The van der Waals surface area contributed by atoms with Crippen molar-refractivity contribution in [1.82, 2.24) is 10.2 Å². The van der Waals surface area contributed by atoms with Gasteiger partial charge in [0, 0.05) is 18.3 Å². The summed E-state index contributed by atoms with van der Waals surface area (Å²) in [5.41, 5.74) is 6.47. The van der Waals surface area contributed by atoms with Gasteiger partial charge in [0.15, 0.2) is 0 Å². The first-order valence-corrected chi connectivity index (χ1v) is 9.55. The summed E-state index contributed by atoms with van der Waals surface area (Å²) in [6, 6.07) is 9.39. The summed E-state index contributed by atoms with van der Waals surface area (Å²) in [5, 5.41) is 5.49. The van der Waals surface area contributed by atoms with E-state index < -0.39 is 0 Å². The number of anilines is 1. The van der Waals surface area contributed by atoms with Crippen LogP contribution in [0.2, 0.25) is 0 Å². The summed E-state index contributed by atoms with van der Waals surface area (Å²) < 4.78 is 0. The van der Waals surface area contributed by atoms with Crippen LogP contribution >= 0.6 is 0 Å². The van der Waals surface area contributed by atoms with Crippen molar-refractivity contribution in [2.24, 2.45) is 0 Å². The van der Waals surface area contributed by atoms with E-state index in [-0.39, 0.29) is 30.8 Å². The van der Waals surface area contributed by atoms with Crippen molar-refractivity contribution in [2.75, 3.05) is 25.5 Å². The number of nitrogens with one attached hydrogen (secondary N) is 2. The van der Waals surface area contributed by atoms with Crippen LogP contribution in [0.3, 0.4) is 0 Å². The second-order valence-electron chi connectivity index (χ2n) is 7.55. The first-order valence-electron chi connectivity index (χ1n) is 9.55. The highest BCUT2D eigenvalue weighted by Crippen LogP contribution is 2.21. The molecule has 6 nitrogen and oxygen atoms in total. The van der Waals surface area contributed by atoms with Crippen LogP contribution in [0.1, 0.15) is 38.2 Å². The highest BCUT2D eigenvalue weighted by molar-refractivity contribution is 5.98.